The van der Waals surface area contributed by atoms with Gasteiger partial charge in [-0.2, -0.15) is 5.01 Å². The highest BCUT2D eigenvalue weighted by atomic mass is 35.5. The van der Waals surface area contributed by atoms with Crippen LogP contribution in [0.3, 0.4) is 0 Å². The Morgan fingerprint density at radius 1 is 0.935 bits per heavy atom. The largest absolute Gasteiger partial charge is 0.483 e. The van der Waals surface area contributed by atoms with Crippen LogP contribution in [0.25, 0.3) is 0 Å². The molecule has 3 N–H and O–H groups in total. The van der Waals surface area contributed by atoms with Crippen molar-refractivity contribution in [3.63, 3.8) is 0 Å². The molecule has 9 nitrogen and oxygen atoms in total. The first kappa shape index (κ1) is 35.2. The van der Waals surface area contributed by atoms with E-state index < -0.39 is 23.8 Å². The van der Waals surface area contributed by atoms with Crippen LogP contribution in [-0.2, 0) is 20.4 Å². The van der Waals surface area contributed by atoms with Gasteiger partial charge in [-0.05, 0) is 65.6 Å². The van der Waals surface area contributed by atoms with Gasteiger partial charge in [0.1, 0.15) is 11.4 Å². The SMILES string of the molecule is CCC(C)(C)c1ccc(OCC(=O)Nc2cccc(C(=O)NC3=NN(c4c(Cl)cc(Cl)cc4Cl)C(=O)C3O)c2)c(C(C)(C)CC)c1. The third-order valence-electron chi connectivity index (χ3n) is 8.37. The molecule has 244 valence electrons. The van der Waals surface area contributed by atoms with Gasteiger partial charge in [0.25, 0.3) is 17.7 Å². The number of rotatable bonds is 10. The van der Waals surface area contributed by atoms with E-state index in [-0.39, 0.29) is 49.6 Å². The predicted octanol–water partition coefficient (Wildman–Crippen LogP) is 7.49. The number of aliphatic hydroxyl groups is 1. The number of amidine groups is 1. The monoisotopic (exact) mass is 686 g/mol. The molecule has 0 aromatic heterocycles. The van der Waals surface area contributed by atoms with Crippen LogP contribution in [0.5, 0.6) is 5.75 Å². The lowest BCUT2D eigenvalue weighted by molar-refractivity contribution is -0.122. The van der Waals surface area contributed by atoms with Crippen LogP contribution < -0.4 is 20.4 Å². The summed E-state index contributed by atoms with van der Waals surface area (Å²) in [5.74, 6) is -1.62. The van der Waals surface area contributed by atoms with Gasteiger partial charge in [-0.15, -0.1) is 5.10 Å². The second-order valence-corrected chi connectivity index (χ2v) is 13.6. The summed E-state index contributed by atoms with van der Waals surface area (Å²) in [5.41, 5.74) is 2.59. The molecule has 46 heavy (non-hydrogen) atoms. The molecule has 0 saturated heterocycles. The number of amides is 3. The lowest BCUT2D eigenvalue weighted by atomic mass is 9.76. The third-order valence-corrected chi connectivity index (χ3v) is 9.16. The number of hydrogen-bond acceptors (Lipinski definition) is 6. The van der Waals surface area contributed by atoms with Crippen LogP contribution in [0.1, 0.15) is 75.9 Å². The van der Waals surface area contributed by atoms with E-state index in [0.29, 0.717) is 11.4 Å². The molecule has 0 saturated carbocycles. The fourth-order valence-corrected chi connectivity index (χ4v) is 5.68. The Bertz CT molecular complexity index is 1680. The zero-order chi connectivity index (χ0) is 34.0. The van der Waals surface area contributed by atoms with Crippen LogP contribution in [0.15, 0.2) is 59.7 Å². The highest BCUT2D eigenvalue weighted by Gasteiger charge is 2.38. The summed E-state index contributed by atoms with van der Waals surface area (Å²) in [4.78, 5) is 38.7. The van der Waals surface area contributed by atoms with Gasteiger partial charge >= 0.3 is 0 Å². The van der Waals surface area contributed by atoms with E-state index in [9.17, 15) is 19.5 Å². The van der Waals surface area contributed by atoms with Crippen molar-refractivity contribution in [2.75, 3.05) is 16.9 Å². The van der Waals surface area contributed by atoms with Crippen LogP contribution >= 0.6 is 34.8 Å². The molecule has 1 heterocycles. The number of aliphatic hydroxyl groups excluding tert-OH is 1. The quantitative estimate of drug-likeness (QED) is 0.204. The molecule has 3 aromatic rings. The molecule has 1 unspecified atom stereocenters. The topological polar surface area (TPSA) is 120 Å². The second-order valence-electron chi connectivity index (χ2n) is 12.3. The number of carbonyl (C=O) groups is 3. The summed E-state index contributed by atoms with van der Waals surface area (Å²) in [7, 11) is 0. The lowest BCUT2D eigenvalue weighted by Gasteiger charge is -2.30. The molecular formula is C34H37Cl3N4O5. The average molecular weight is 688 g/mol. The van der Waals surface area contributed by atoms with Gasteiger partial charge in [-0.1, -0.05) is 94.5 Å². The summed E-state index contributed by atoms with van der Waals surface area (Å²) >= 11 is 18.4. The maximum absolute atomic E-state index is 13.1. The first-order valence-electron chi connectivity index (χ1n) is 14.8. The highest BCUT2D eigenvalue weighted by molar-refractivity contribution is 6.43. The van der Waals surface area contributed by atoms with Crippen molar-refractivity contribution >= 4 is 69.7 Å². The Morgan fingerprint density at radius 3 is 2.22 bits per heavy atom. The number of nitrogens with one attached hydrogen (secondary N) is 2. The first-order chi connectivity index (χ1) is 21.6. The minimum atomic E-state index is -1.77. The molecule has 3 amide bonds. The zero-order valence-corrected chi connectivity index (χ0v) is 28.8. The summed E-state index contributed by atoms with van der Waals surface area (Å²) in [5, 5.41) is 20.8. The minimum absolute atomic E-state index is 0.00128. The van der Waals surface area contributed by atoms with E-state index in [4.69, 9.17) is 39.5 Å². The molecule has 4 rings (SSSR count). The standard InChI is InChI=1S/C34H37Cl3N4O5/c1-7-33(3,4)20-12-13-26(23(15-20)34(5,6)8-2)46-18-27(42)38-22-11-9-10-19(14-22)31(44)39-30-29(43)32(45)41(40-30)28-24(36)16-21(35)17-25(28)37/h9-17,29,43H,7-8,18H2,1-6H3,(H,38,42)(H,39,40,44). The fourth-order valence-electron chi connectivity index (χ4n) is 4.70. The van der Waals surface area contributed by atoms with E-state index in [0.717, 1.165) is 23.4 Å². The van der Waals surface area contributed by atoms with Crippen molar-refractivity contribution in [3.8, 4) is 5.75 Å². The van der Waals surface area contributed by atoms with Gasteiger partial charge in [0.15, 0.2) is 18.5 Å². The van der Waals surface area contributed by atoms with Crippen LogP contribution in [0.4, 0.5) is 11.4 Å². The summed E-state index contributed by atoms with van der Waals surface area (Å²) in [6.45, 7) is 12.8. The van der Waals surface area contributed by atoms with Gasteiger partial charge in [0.05, 0.1) is 10.0 Å². The molecule has 0 fully saturated rings. The normalized spacial score (nSPS) is 15.1. The van der Waals surface area contributed by atoms with Gasteiger partial charge in [-0.3, -0.25) is 14.4 Å². The van der Waals surface area contributed by atoms with Crippen LogP contribution in [-0.4, -0.2) is 41.4 Å². The summed E-state index contributed by atoms with van der Waals surface area (Å²) < 4.78 is 6.02. The molecule has 12 heteroatoms. The van der Waals surface area contributed by atoms with Gasteiger partial charge < -0.3 is 20.5 Å². The molecule has 1 atom stereocenters. The Balaban J connectivity index is 1.45. The number of hydrazone groups is 1. The van der Waals surface area contributed by atoms with Crippen LogP contribution in [0, 0.1) is 0 Å². The number of benzene rings is 3. The van der Waals surface area contributed by atoms with Gasteiger partial charge in [0, 0.05) is 21.8 Å². The Hall–Kier alpha value is -3.63. The second kappa shape index (κ2) is 14.0. The van der Waals surface area contributed by atoms with Gasteiger partial charge in [0.2, 0.25) is 0 Å². The van der Waals surface area contributed by atoms with Crippen LogP contribution in [0.2, 0.25) is 15.1 Å². The summed E-state index contributed by atoms with van der Waals surface area (Å²) in [6, 6.07) is 15.1. The van der Waals surface area contributed by atoms with E-state index >= 15 is 0 Å². The van der Waals surface area contributed by atoms with Crippen molar-refractivity contribution in [2.24, 2.45) is 5.10 Å². The first-order valence-corrected chi connectivity index (χ1v) is 16.0. The van der Waals surface area contributed by atoms with Crippen molar-refractivity contribution in [2.45, 2.75) is 71.3 Å². The predicted molar refractivity (Wildman–Crippen MR) is 184 cm³/mol. The molecule has 0 aliphatic carbocycles. The van der Waals surface area contributed by atoms with Gasteiger partial charge in [-0.25, -0.2) is 0 Å². The van der Waals surface area contributed by atoms with Crippen molar-refractivity contribution < 1.29 is 24.2 Å². The van der Waals surface area contributed by atoms with E-state index in [1.807, 2.05) is 12.1 Å². The fraction of sp³-hybridized carbons (Fsp3) is 0.353. The number of nitrogens with zero attached hydrogens (tertiary/aromatic N) is 2. The lowest BCUT2D eigenvalue weighted by Crippen LogP contribution is -2.40. The molecule has 1 aliphatic heterocycles. The highest BCUT2D eigenvalue weighted by Crippen LogP contribution is 2.39. The van der Waals surface area contributed by atoms with Crippen molar-refractivity contribution in [3.05, 3.63) is 86.4 Å². The number of hydrogen-bond donors (Lipinski definition) is 3. The zero-order valence-electron chi connectivity index (χ0n) is 26.5. The molecule has 1 aliphatic rings. The van der Waals surface area contributed by atoms with E-state index in [1.165, 1.54) is 29.8 Å². The molecule has 0 bridgehead atoms. The Labute approximate surface area is 283 Å². The van der Waals surface area contributed by atoms with E-state index in [1.54, 1.807) is 12.1 Å². The molecule has 3 aromatic carbocycles. The number of anilines is 2. The molecule has 0 spiro atoms. The maximum Gasteiger partial charge on any atom is 0.284 e. The number of carbonyl (C=O) groups excluding carboxylic acids is 3. The third kappa shape index (κ3) is 7.66. The molecule has 0 radical (unpaired) electrons. The number of halogens is 3. The Morgan fingerprint density at radius 2 is 1.59 bits per heavy atom. The van der Waals surface area contributed by atoms with E-state index in [2.05, 4.69) is 63.3 Å². The summed E-state index contributed by atoms with van der Waals surface area (Å²) in [6.07, 6.45) is 0.104. The Kier molecular flexibility index (Phi) is 10.7. The average Bonchev–Trinajstić information content (AvgIpc) is 3.27. The number of ether oxygens (including phenoxy) is 1. The minimum Gasteiger partial charge on any atom is -0.483 e. The molecular weight excluding hydrogens is 651 g/mol. The maximum atomic E-state index is 13.1. The smallest absolute Gasteiger partial charge is 0.284 e. The van der Waals surface area contributed by atoms with Crippen molar-refractivity contribution in [1.29, 1.82) is 0 Å². The van der Waals surface area contributed by atoms with Crippen molar-refractivity contribution in [1.82, 2.24) is 5.32 Å².